The van der Waals surface area contributed by atoms with Gasteiger partial charge in [-0.25, -0.2) is 5.43 Å². The molecule has 108 valence electrons. The molecule has 0 unspecified atom stereocenters. The van der Waals surface area contributed by atoms with Gasteiger partial charge in [-0.3, -0.25) is 4.79 Å². The lowest BCUT2D eigenvalue weighted by Crippen LogP contribution is -2.18. The maximum atomic E-state index is 12.0. The summed E-state index contributed by atoms with van der Waals surface area (Å²) in [6.45, 7) is 4.47. The van der Waals surface area contributed by atoms with Crippen LogP contribution in [0.2, 0.25) is 0 Å². The summed E-state index contributed by atoms with van der Waals surface area (Å²) in [7, 11) is 0. The van der Waals surface area contributed by atoms with Gasteiger partial charge < -0.3 is 4.74 Å². The number of carbonyl (C=O) groups is 1. The highest BCUT2D eigenvalue weighted by Gasteiger charge is 2.05. The molecule has 0 heterocycles. The van der Waals surface area contributed by atoms with E-state index in [2.05, 4.69) is 10.5 Å². The molecule has 0 saturated carbocycles. The Morgan fingerprint density at radius 3 is 2.57 bits per heavy atom. The topological polar surface area (TPSA) is 50.7 Å². The van der Waals surface area contributed by atoms with Crippen molar-refractivity contribution >= 4 is 12.1 Å². The molecule has 0 aliphatic heterocycles. The summed E-state index contributed by atoms with van der Waals surface area (Å²) in [5, 5.41) is 3.97. The first-order chi connectivity index (χ1) is 10.2. The van der Waals surface area contributed by atoms with Crippen molar-refractivity contribution in [3.8, 4) is 5.75 Å². The summed E-state index contributed by atoms with van der Waals surface area (Å²) in [5.74, 6) is 0.605. The number of hydrogen-bond donors (Lipinski definition) is 1. The Morgan fingerprint density at radius 1 is 1.19 bits per heavy atom. The van der Waals surface area contributed by atoms with Crippen molar-refractivity contribution in [2.24, 2.45) is 5.10 Å². The summed E-state index contributed by atoms with van der Waals surface area (Å²) < 4.78 is 5.36. The average Bonchev–Trinajstić information content (AvgIpc) is 2.49. The summed E-state index contributed by atoms with van der Waals surface area (Å²) in [6, 6.07) is 14.9. The van der Waals surface area contributed by atoms with Crippen LogP contribution in [0.1, 0.15) is 28.4 Å². The molecule has 0 spiro atoms. The number of nitrogens with zero attached hydrogens (tertiary/aromatic N) is 1. The third-order valence-electron chi connectivity index (χ3n) is 2.96. The first-order valence-corrected chi connectivity index (χ1v) is 6.82. The lowest BCUT2D eigenvalue weighted by Gasteiger charge is -2.03. The van der Waals surface area contributed by atoms with Crippen molar-refractivity contribution in [2.75, 3.05) is 6.61 Å². The van der Waals surface area contributed by atoms with E-state index in [0.717, 1.165) is 16.9 Å². The number of ether oxygens (including phenoxy) is 1. The van der Waals surface area contributed by atoms with Crippen molar-refractivity contribution < 1.29 is 9.53 Å². The van der Waals surface area contributed by atoms with Crippen molar-refractivity contribution in [1.82, 2.24) is 5.43 Å². The first-order valence-electron chi connectivity index (χ1n) is 6.82. The normalized spacial score (nSPS) is 10.6. The highest BCUT2D eigenvalue weighted by Crippen LogP contribution is 2.10. The molecule has 0 radical (unpaired) electrons. The molecule has 0 aliphatic rings. The van der Waals surface area contributed by atoms with E-state index >= 15 is 0 Å². The van der Waals surface area contributed by atoms with E-state index < -0.39 is 0 Å². The Bertz CT molecular complexity index is 633. The second kappa shape index (κ2) is 7.24. The van der Waals surface area contributed by atoms with Crippen LogP contribution < -0.4 is 10.2 Å². The second-order valence-corrected chi connectivity index (χ2v) is 4.52. The average molecular weight is 282 g/mol. The summed E-state index contributed by atoms with van der Waals surface area (Å²) in [5.41, 5.74) is 4.97. The minimum absolute atomic E-state index is 0.213. The molecule has 4 nitrogen and oxygen atoms in total. The van der Waals surface area contributed by atoms with Crippen LogP contribution in [0.25, 0.3) is 0 Å². The van der Waals surface area contributed by atoms with Crippen LogP contribution in [0, 0.1) is 6.92 Å². The molecule has 0 saturated heterocycles. The van der Waals surface area contributed by atoms with Gasteiger partial charge in [0, 0.05) is 5.56 Å². The lowest BCUT2D eigenvalue weighted by atomic mass is 10.1. The fraction of sp³-hybridized carbons (Fsp3) is 0.176. The Hall–Kier alpha value is -2.62. The molecule has 2 rings (SSSR count). The molecule has 1 N–H and O–H groups in total. The molecule has 0 bridgehead atoms. The van der Waals surface area contributed by atoms with Gasteiger partial charge in [0.25, 0.3) is 5.91 Å². The van der Waals surface area contributed by atoms with Crippen LogP contribution in [0.4, 0.5) is 0 Å². The molecular formula is C17H18N2O2. The molecule has 0 atom stereocenters. The number of carbonyl (C=O) groups excluding carboxylic acids is 1. The monoisotopic (exact) mass is 282 g/mol. The minimum Gasteiger partial charge on any atom is -0.494 e. The summed E-state index contributed by atoms with van der Waals surface area (Å²) >= 11 is 0. The third kappa shape index (κ3) is 4.18. The largest absolute Gasteiger partial charge is 0.494 e. The van der Waals surface area contributed by atoms with Crippen molar-refractivity contribution in [3.05, 3.63) is 65.2 Å². The van der Waals surface area contributed by atoms with E-state index in [0.29, 0.717) is 12.2 Å². The van der Waals surface area contributed by atoms with Crippen LogP contribution in [-0.4, -0.2) is 18.7 Å². The van der Waals surface area contributed by atoms with E-state index in [1.165, 1.54) is 0 Å². The van der Waals surface area contributed by atoms with Gasteiger partial charge >= 0.3 is 0 Å². The molecule has 0 aromatic heterocycles. The maximum Gasteiger partial charge on any atom is 0.271 e. The maximum absolute atomic E-state index is 12.0. The van der Waals surface area contributed by atoms with Gasteiger partial charge in [0.05, 0.1) is 12.8 Å². The molecule has 1 amide bonds. The van der Waals surface area contributed by atoms with Crippen molar-refractivity contribution in [3.63, 3.8) is 0 Å². The zero-order valence-electron chi connectivity index (χ0n) is 12.2. The van der Waals surface area contributed by atoms with E-state index in [-0.39, 0.29) is 5.91 Å². The Labute approximate surface area is 124 Å². The fourth-order valence-corrected chi connectivity index (χ4v) is 1.87. The number of rotatable bonds is 5. The number of amides is 1. The van der Waals surface area contributed by atoms with E-state index in [1.54, 1.807) is 12.3 Å². The van der Waals surface area contributed by atoms with Gasteiger partial charge in [-0.1, -0.05) is 18.2 Å². The molecule has 0 aliphatic carbocycles. The summed E-state index contributed by atoms with van der Waals surface area (Å²) in [6.07, 6.45) is 1.60. The zero-order valence-corrected chi connectivity index (χ0v) is 12.2. The lowest BCUT2D eigenvalue weighted by molar-refractivity contribution is 0.0954. The van der Waals surface area contributed by atoms with Crippen LogP contribution >= 0.6 is 0 Å². The van der Waals surface area contributed by atoms with Crippen LogP contribution in [0.5, 0.6) is 5.75 Å². The molecule has 2 aromatic rings. The number of benzene rings is 2. The van der Waals surface area contributed by atoms with Crippen LogP contribution in [0.15, 0.2) is 53.6 Å². The van der Waals surface area contributed by atoms with Gasteiger partial charge in [-0.05, 0) is 55.3 Å². The third-order valence-corrected chi connectivity index (χ3v) is 2.96. The molecule has 4 heteroatoms. The van der Waals surface area contributed by atoms with E-state index in [1.807, 2.05) is 56.3 Å². The first kappa shape index (κ1) is 14.8. The SMILES string of the molecule is CCOc1ccc(/C=N\NC(=O)c2ccccc2C)cc1. The highest BCUT2D eigenvalue weighted by atomic mass is 16.5. The smallest absolute Gasteiger partial charge is 0.271 e. The number of aryl methyl sites for hydroxylation is 1. The van der Waals surface area contributed by atoms with Gasteiger partial charge in [-0.2, -0.15) is 5.10 Å². The van der Waals surface area contributed by atoms with Gasteiger partial charge in [-0.15, -0.1) is 0 Å². The van der Waals surface area contributed by atoms with Gasteiger partial charge in [0.15, 0.2) is 0 Å². The Balaban J connectivity index is 1.96. The highest BCUT2D eigenvalue weighted by molar-refractivity contribution is 5.96. The van der Waals surface area contributed by atoms with Gasteiger partial charge in [0.2, 0.25) is 0 Å². The minimum atomic E-state index is -0.213. The van der Waals surface area contributed by atoms with E-state index in [9.17, 15) is 4.79 Å². The summed E-state index contributed by atoms with van der Waals surface area (Å²) in [4.78, 5) is 12.0. The zero-order chi connectivity index (χ0) is 15.1. The predicted octanol–water partition coefficient (Wildman–Crippen LogP) is 3.16. The van der Waals surface area contributed by atoms with Crippen molar-refractivity contribution in [1.29, 1.82) is 0 Å². The number of hydrazone groups is 1. The van der Waals surface area contributed by atoms with E-state index in [4.69, 9.17) is 4.74 Å². The molecule has 21 heavy (non-hydrogen) atoms. The second-order valence-electron chi connectivity index (χ2n) is 4.52. The number of nitrogens with one attached hydrogen (secondary N) is 1. The Morgan fingerprint density at radius 2 is 1.90 bits per heavy atom. The Kier molecular flexibility index (Phi) is 5.10. The predicted molar refractivity (Wildman–Crippen MR) is 83.9 cm³/mol. The molecule has 2 aromatic carbocycles. The molecular weight excluding hydrogens is 264 g/mol. The number of hydrogen-bond acceptors (Lipinski definition) is 3. The molecule has 0 fully saturated rings. The van der Waals surface area contributed by atoms with Crippen molar-refractivity contribution in [2.45, 2.75) is 13.8 Å². The standard InChI is InChI=1S/C17H18N2O2/c1-3-21-15-10-8-14(9-11-15)12-18-19-17(20)16-7-5-4-6-13(16)2/h4-12H,3H2,1-2H3,(H,19,20)/b18-12-. The van der Waals surface area contributed by atoms with Crippen LogP contribution in [-0.2, 0) is 0 Å². The van der Waals surface area contributed by atoms with Gasteiger partial charge in [0.1, 0.15) is 5.75 Å². The van der Waals surface area contributed by atoms with Crippen LogP contribution in [0.3, 0.4) is 0 Å². The fourth-order valence-electron chi connectivity index (χ4n) is 1.87. The quantitative estimate of drug-likeness (QED) is 0.676.